The first-order valence-corrected chi connectivity index (χ1v) is 5.95. The van der Waals surface area contributed by atoms with Crippen LogP contribution in [0.15, 0.2) is 4.42 Å². The normalized spacial score (nSPS) is 11.0. The van der Waals surface area contributed by atoms with Gasteiger partial charge in [-0.15, -0.1) is 16.7 Å². The van der Waals surface area contributed by atoms with E-state index in [1.807, 2.05) is 0 Å². The largest absolute Gasteiger partial charge is 0.407 e. The van der Waals surface area contributed by atoms with E-state index in [1.54, 1.807) is 0 Å². The van der Waals surface area contributed by atoms with E-state index in [0.29, 0.717) is 17.8 Å². The summed E-state index contributed by atoms with van der Waals surface area (Å²) >= 11 is 5.53. The molecule has 0 fully saturated rings. The van der Waals surface area contributed by atoms with Gasteiger partial charge in [0.25, 0.3) is 0 Å². The number of rotatable bonds is 8. The number of hydrogen-bond donors (Lipinski definition) is 1. The van der Waals surface area contributed by atoms with Crippen molar-refractivity contribution >= 4 is 17.6 Å². The van der Waals surface area contributed by atoms with Gasteiger partial charge in [-0.2, -0.15) is 0 Å². The molecule has 0 spiro atoms. The van der Waals surface area contributed by atoms with E-state index in [-0.39, 0.29) is 5.88 Å². The van der Waals surface area contributed by atoms with Gasteiger partial charge >= 0.3 is 6.01 Å². The fourth-order valence-corrected chi connectivity index (χ4v) is 1.18. The number of anilines is 1. The standard InChI is InChI=1S/C10H18ClN3O2/c1-8(2)7-15-5-3-4-12-10-14-13-9(6-11)16-10/h8H,3-7H2,1-2H3,(H,12,14). The molecule has 16 heavy (non-hydrogen) atoms. The zero-order valence-corrected chi connectivity index (χ0v) is 10.5. The Morgan fingerprint density at radius 3 is 2.88 bits per heavy atom. The van der Waals surface area contributed by atoms with E-state index in [9.17, 15) is 0 Å². The Balaban J connectivity index is 2.02. The number of hydrogen-bond acceptors (Lipinski definition) is 5. The van der Waals surface area contributed by atoms with Gasteiger partial charge in [-0.1, -0.05) is 18.9 Å². The molecule has 0 bridgehead atoms. The molecule has 0 unspecified atom stereocenters. The quantitative estimate of drug-likeness (QED) is 0.564. The summed E-state index contributed by atoms with van der Waals surface area (Å²) < 4.78 is 10.6. The molecule has 1 heterocycles. The third-order valence-corrected chi connectivity index (χ3v) is 2.00. The van der Waals surface area contributed by atoms with E-state index in [2.05, 4.69) is 29.4 Å². The van der Waals surface area contributed by atoms with E-state index in [4.69, 9.17) is 20.8 Å². The minimum atomic E-state index is 0.242. The maximum absolute atomic E-state index is 5.53. The summed E-state index contributed by atoms with van der Waals surface area (Å²) in [5.74, 6) is 1.25. The van der Waals surface area contributed by atoms with Crippen molar-refractivity contribution in [3.05, 3.63) is 5.89 Å². The van der Waals surface area contributed by atoms with Gasteiger partial charge in [-0.05, 0) is 12.3 Å². The monoisotopic (exact) mass is 247 g/mol. The molecule has 0 amide bonds. The zero-order chi connectivity index (χ0) is 11.8. The van der Waals surface area contributed by atoms with Crippen LogP contribution < -0.4 is 5.32 Å². The van der Waals surface area contributed by atoms with Crippen molar-refractivity contribution in [2.24, 2.45) is 5.92 Å². The summed E-state index contributed by atoms with van der Waals surface area (Å²) in [5, 5.41) is 10.5. The van der Waals surface area contributed by atoms with Crippen LogP contribution in [0.1, 0.15) is 26.2 Å². The Hall–Kier alpha value is -0.810. The molecule has 0 aliphatic heterocycles. The number of ether oxygens (including phenoxy) is 1. The van der Waals surface area contributed by atoms with Crippen LogP contribution in [0, 0.1) is 5.92 Å². The Labute approximate surface area is 101 Å². The second-order valence-corrected chi connectivity index (χ2v) is 4.15. The number of aromatic nitrogens is 2. The highest BCUT2D eigenvalue weighted by atomic mass is 35.5. The van der Waals surface area contributed by atoms with Crippen LogP contribution in [0.4, 0.5) is 6.01 Å². The summed E-state index contributed by atoms with van der Waals surface area (Å²) in [6.07, 6.45) is 0.908. The number of nitrogens with zero attached hydrogens (tertiary/aromatic N) is 2. The molecule has 1 rings (SSSR count). The highest BCUT2D eigenvalue weighted by molar-refractivity contribution is 6.16. The molecule has 92 valence electrons. The van der Waals surface area contributed by atoms with Crippen LogP contribution in [-0.4, -0.2) is 30.0 Å². The minimum absolute atomic E-state index is 0.242. The van der Waals surface area contributed by atoms with Crippen molar-refractivity contribution in [1.29, 1.82) is 0 Å². The molecule has 0 aliphatic rings. The number of halogens is 1. The van der Waals surface area contributed by atoms with Crippen molar-refractivity contribution in [2.45, 2.75) is 26.1 Å². The Kier molecular flexibility index (Phi) is 6.18. The van der Waals surface area contributed by atoms with Gasteiger partial charge in [-0.25, -0.2) is 0 Å². The molecule has 1 N–H and O–H groups in total. The fraction of sp³-hybridized carbons (Fsp3) is 0.800. The van der Waals surface area contributed by atoms with Crippen LogP contribution in [-0.2, 0) is 10.6 Å². The smallest absolute Gasteiger partial charge is 0.315 e. The molecule has 0 atom stereocenters. The third-order valence-electron chi connectivity index (χ3n) is 1.77. The lowest BCUT2D eigenvalue weighted by atomic mass is 10.2. The highest BCUT2D eigenvalue weighted by Gasteiger charge is 2.02. The van der Waals surface area contributed by atoms with Crippen LogP contribution >= 0.6 is 11.6 Å². The van der Waals surface area contributed by atoms with Gasteiger partial charge in [0.05, 0.1) is 0 Å². The van der Waals surface area contributed by atoms with E-state index in [1.165, 1.54) is 0 Å². The van der Waals surface area contributed by atoms with Gasteiger partial charge < -0.3 is 14.5 Å². The van der Waals surface area contributed by atoms with Crippen LogP contribution in [0.2, 0.25) is 0 Å². The molecular formula is C10H18ClN3O2. The Bertz CT molecular complexity index is 291. The molecule has 0 saturated carbocycles. The zero-order valence-electron chi connectivity index (χ0n) is 9.70. The topological polar surface area (TPSA) is 60.2 Å². The van der Waals surface area contributed by atoms with Gasteiger partial charge in [-0.3, -0.25) is 0 Å². The van der Waals surface area contributed by atoms with E-state index >= 15 is 0 Å². The summed E-state index contributed by atoms with van der Waals surface area (Å²) in [5.41, 5.74) is 0. The first kappa shape index (κ1) is 13.3. The maximum atomic E-state index is 5.53. The Morgan fingerprint density at radius 1 is 1.44 bits per heavy atom. The predicted molar refractivity (Wildman–Crippen MR) is 62.6 cm³/mol. The van der Waals surface area contributed by atoms with Crippen LogP contribution in [0.3, 0.4) is 0 Å². The second kappa shape index (κ2) is 7.46. The van der Waals surface area contributed by atoms with Crippen molar-refractivity contribution in [2.75, 3.05) is 25.1 Å². The average molecular weight is 248 g/mol. The van der Waals surface area contributed by atoms with Gasteiger partial charge in [0.1, 0.15) is 5.88 Å². The minimum Gasteiger partial charge on any atom is -0.407 e. The van der Waals surface area contributed by atoms with Crippen molar-refractivity contribution in [3.63, 3.8) is 0 Å². The lowest BCUT2D eigenvalue weighted by Gasteiger charge is -2.06. The first-order valence-electron chi connectivity index (χ1n) is 5.42. The fourth-order valence-electron chi connectivity index (χ4n) is 1.07. The van der Waals surface area contributed by atoms with Crippen molar-refractivity contribution in [1.82, 2.24) is 10.2 Å². The average Bonchev–Trinajstić information content (AvgIpc) is 2.70. The summed E-state index contributed by atoms with van der Waals surface area (Å²) in [6.45, 7) is 6.55. The third kappa shape index (κ3) is 5.32. The van der Waals surface area contributed by atoms with Crippen molar-refractivity contribution in [3.8, 4) is 0 Å². The number of alkyl halides is 1. The van der Waals surface area contributed by atoms with E-state index in [0.717, 1.165) is 26.2 Å². The number of nitrogens with one attached hydrogen (secondary N) is 1. The van der Waals surface area contributed by atoms with Gasteiger partial charge in [0, 0.05) is 19.8 Å². The predicted octanol–water partition coefficient (Wildman–Crippen LogP) is 2.28. The SMILES string of the molecule is CC(C)COCCCNc1nnc(CCl)o1. The molecule has 6 heteroatoms. The van der Waals surface area contributed by atoms with E-state index < -0.39 is 0 Å². The molecule has 1 aromatic heterocycles. The van der Waals surface area contributed by atoms with Crippen LogP contribution in [0.5, 0.6) is 0 Å². The molecule has 0 radical (unpaired) electrons. The highest BCUT2D eigenvalue weighted by Crippen LogP contribution is 2.07. The summed E-state index contributed by atoms with van der Waals surface area (Å²) in [6, 6.07) is 0.416. The summed E-state index contributed by atoms with van der Waals surface area (Å²) in [4.78, 5) is 0. The molecule has 1 aromatic rings. The second-order valence-electron chi connectivity index (χ2n) is 3.88. The summed E-state index contributed by atoms with van der Waals surface area (Å²) in [7, 11) is 0. The lowest BCUT2D eigenvalue weighted by Crippen LogP contribution is -2.08. The van der Waals surface area contributed by atoms with Crippen molar-refractivity contribution < 1.29 is 9.15 Å². The van der Waals surface area contributed by atoms with Gasteiger partial charge in [0.2, 0.25) is 5.89 Å². The molecule has 0 saturated heterocycles. The first-order chi connectivity index (χ1) is 7.72. The molecule has 0 aliphatic carbocycles. The molecule has 0 aromatic carbocycles. The molecular weight excluding hydrogens is 230 g/mol. The lowest BCUT2D eigenvalue weighted by molar-refractivity contribution is 0.109. The van der Waals surface area contributed by atoms with Crippen LogP contribution in [0.25, 0.3) is 0 Å². The maximum Gasteiger partial charge on any atom is 0.315 e. The van der Waals surface area contributed by atoms with Gasteiger partial charge in [0.15, 0.2) is 0 Å². The molecule has 5 nitrogen and oxygen atoms in total. The Morgan fingerprint density at radius 2 is 2.25 bits per heavy atom.